The van der Waals surface area contributed by atoms with Crippen LogP contribution in [-0.2, 0) is 6.42 Å². The molecule has 1 N–H and O–H groups in total. The van der Waals surface area contributed by atoms with E-state index in [1.54, 1.807) is 6.07 Å². The van der Waals surface area contributed by atoms with Gasteiger partial charge in [-0.05, 0) is 32.1 Å². The highest BCUT2D eigenvalue weighted by atomic mass is 32.1. The second-order valence-corrected chi connectivity index (χ2v) is 7.67. The molecule has 6 heteroatoms. The third-order valence-corrected chi connectivity index (χ3v) is 5.50. The van der Waals surface area contributed by atoms with Crippen molar-refractivity contribution in [3.05, 3.63) is 22.1 Å². The van der Waals surface area contributed by atoms with Crippen molar-refractivity contribution in [2.45, 2.75) is 71.3 Å². The summed E-state index contributed by atoms with van der Waals surface area (Å²) in [5, 5.41) is 8.62. The Hall–Kier alpha value is -1.43. The van der Waals surface area contributed by atoms with Crippen LogP contribution in [0.3, 0.4) is 0 Å². The normalized spacial score (nSPS) is 17.0. The topological polar surface area (TPSA) is 59.3 Å². The van der Waals surface area contributed by atoms with Gasteiger partial charge in [0.05, 0.1) is 0 Å². The van der Waals surface area contributed by atoms with E-state index < -0.39 is 0 Å². The first-order valence-electron chi connectivity index (χ1n) is 8.82. The zero-order chi connectivity index (χ0) is 16.2. The number of aromatic nitrogens is 3. The van der Waals surface area contributed by atoms with E-state index in [2.05, 4.69) is 29.2 Å². The van der Waals surface area contributed by atoms with E-state index in [9.17, 15) is 4.79 Å². The number of hydrogen-bond donors (Lipinski definition) is 1. The summed E-state index contributed by atoms with van der Waals surface area (Å²) >= 11 is 1.47. The Morgan fingerprint density at radius 1 is 1.43 bits per heavy atom. The molecule has 1 aliphatic carbocycles. The van der Waals surface area contributed by atoms with Crippen molar-refractivity contribution in [3.63, 3.8) is 0 Å². The minimum Gasteiger partial charge on any atom is -0.358 e. The van der Waals surface area contributed by atoms with Crippen LogP contribution in [0.25, 0.3) is 4.96 Å². The van der Waals surface area contributed by atoms with Gasteiger partial charge in [0.2, 0.25) is 10.1 Å². The van der Waals surface area contributed by atoms with Crippen molar-refractivity contribution in [1.29, 1.82) is 0 Å². The van der Waals surface area contributed by atoms with E-state index in [-0.39, 0.29) is 5.56 Å². The van der Waals surface area contributed by atoms with Crippen LogP contribution in [-0.4, -0.2) is 20.6 Å². The molecule has 0 aromatic carbocycles. The molecule has 5 nitrogen and oxygen atoms in total. The van der Waals surface area contributed by atoms with Crippen molar-refractivity contribution in [3.8, 4) is 0 Å². The van der Waals surface area contributed by atoms with Gasteiger partial charge in [0.15, 0.2) is 0 Å². The molecule has 0 saturated heterocycles. The van der Waals surface area contributed by atoms with E-state index in [1.165, 1.54) is 48.0 Å². The molecule has 0 radical (unpaired) electrons. The Bertz CT molecular complexity index is 702. The summed E-state index contributed by atoms with van der Waals surface area (Å²) in [6, 6.07) is 1.98. The fourth-order valence-corrected chi connectivity index (χ4v) is 4.30. The van der Waals surface area contributed by atoms with Crippen LogP contribution in [0.2, 0.25) is 0 Å². The summed E-state index contributed by atoms with van der Waals surface area (Å²) < 4.78 is 1.41. The molecule has 3 rings (SSSR count). The van der Waals surface area contributed by atoms with Gasteiger partial charge in [0, 0.05) is 17.8 Å². The summed E-state index contributed by atoms with van der Waals surface area (Å²) in [5.74, 6) is 0.913. The predicted octanol–water partition coefficient (Wildman–Crippen LogP) is 3.87. The number of aryl methyl sites for hydroxylation is 1. The summed E-state index contributed by atoms with van der Waals surface area (Å²) in [6.45, 7) is 4.29. The lowest BCUT2D eigenvalue weighted by molar-refractivity contribution is 0.467. The van der Waals surface area contributed by atoms with Crippen LogP contribution >= 0.6 is 11.3 Å². The average molecular weight is 334 g/mol. The SMILES string of the molecule is CCCc1cc(=O)n2nc(NC(C)CCC3CCCC3)sc2n1. The Labute approximate surface area is 141 Å². The van der Waals surface area contributed by atoms with E-state index in [0.29, 0.717) is 11.0 Å². The van der Waals surface area contributed by atoms with Gasteiger partial charge in [-0.1, -0.05) is 50.4 Å². The number of nitrogens with one attached hydrogen (secondary N) is 1. The van der Waals surface area contributed by atoms with Gasteiger partial charge in [0.1, 0.15) is 0 Å². The van der Waals surface area contributed by atoms with Gasteiger partial charge in [0.25, 0.3) is 5.56 Å². The maximum Gasteiger partial charge on any atom is 0.275 e. The molecule has 23 heavy (non-hydrogen) atoms. The summed E-state index contributed by atoms with van der Waals surface area (Å²) in [6.07, 6.45) is 9.87. The third-order valence-electron chi connectivity index (χ3n) is 4.66. The standard InChI is InChI=1S/C17H26N4OS/c1-3-6-14-11-15(22)21-17(19-14)23-16(20-21)18-12(2)9-10-13-7-4-5-8-13/h11-13H,3-10H2,1-2H3,(H,18,20). The van der Waals surface area contributed by atoms with Gasteiger partial charge in [-0.15, -0.1) is 5.10 Å². The highest BCUT2D eigenvalue weighted by Crippen LogP contribution is 2.29. The molecule has 1 saturated carbocycles. The van der Waals surface area contributed by atoms with Gasteiger partial charge in [-0.3, -0.25) is 4.79 Å². The lowest BCUT2D eigenvalue weighted by atomic mass is 9.99. The Balaban J connectivity index is 1.65. The number of anilines is 1. The maximum atomic E-state index is 12.1. The minimum atomic E-state index is -0.0821. The molecule has 126 valence electrons. The van der Waals surface area contributed by atoms with Crippen molar-refractivity contribution >= 4 is 21.4 Å². The molecule has 1 atom stereocenters. The highest BCUT2D eigenvalue weighted by Gasteiger charge is 2.16. The van der Waals surface area contributed by atoms with Crippen molar-refractivity contribution in [1.82, 2.24) is 14.6 Å². The second kappa shape index (κ2) is 7.43. The predicted molar refractivity (Wildman–Crippen MR) is 95.4 cm³/mol. The fraction of sp³-hybridized carbons (Fsp3) is 0.706. The van der Waals surface area contributed by atoms with Crippen molar-refractivity contribution in [2.75, 3.05) is 5.32 Å². The van der Waals surface area contributed by atoms with Crippen molar-refractivity contribution < 1.29 is 0 Å². The molecule has 1 aliphatic rings. The highest BCUT2D eigenvalue weighted by molar-refractivity contribution is 7.20. The van der Waals surface area contributed by atoms with Crippen LogP contribution in [0.4, 0.5) is 5.13 Å². The summed E-state index contributed by atoms with van der Waals surface area (Å²) in [7, 11) is 0. The number of hydrogen-bond acceptors (Lipinski definition) is 5. The van der Waals surface area contributed by atoms with E-state index in [4.69, 9.17) is 0 Å². The third kappa shape index (κ3) is 4.10. The van der Waals surface area contributed by atoms with Gasteiger partial charge in [-0.2, -0.15) is 4.52 Å². The molecule has 1 unspecified atom stereocenters. The molecular formula is C17H26N4OS. The number of rotatable bonds is 7. The molecule has 2 heterocycles. The molecule has 1 fully saturated rings. The zero-order valence-electron chi connectivity index (χ0n) is 14.0. The Kier molecular flexibility index (Phi) is 5.30. The molecule has 0 amide bonds. The smallest absolute Gasteiger partial charge is 0.275 e. The van der Waals surface area contributed by atoms with Crippen LogP contribution in [0.5, 0.6) is 0 Å². The van der Waals surface area contributed by atoms with Gasteiger partial charge in [-0.25, -0.2) is 4.98 Å². The first-order valence-corrected chi connectivity index (χ1v) is 9.63. The number of fused-ring (bicyclic) bond motifs is 1. The van der Waals surface area contributed by atoms with Crippen LogP contribution in [0.1, 0.15) is 64.5 Å². The molecule has 0 aliphatic heterocycles. The first-order chi connectivity index (χ1) is 11.2. The average Bonchev–Trinajstić information content (AvgIpc) is 3.15. The molecule has 0 bridgehead atoms. The summed E-state index contributed by atoms with van der Waals surface area (Å²) in [4.78, 5) is 17.3. The second-order valence-electron chi connectivity index (χ2n) is 6.71. The maximum absolute atomic E-state index is 12.1. The van der Waals surface area contributed by atoms with Gasteiger partial charge >= 0.3 is 0 Å². The lowest BCUT2D eigenvalue weighted by Gasteiger charge is -2.15. The summed E-state index contributed by atoms with van der Waals surface area (Å²) in [5.41, 5.74) is 0.781. The van der Waals surface area contributed by atoms with Gasteiger partial charge < -0.3 is 5.32 Å². The molecule has 2 aromatic rings. The molecule has 0 spiro atoms. The van der Waals surface area contributed by atoms with E-state index in [0.717, 1.165) is 36.0 Å². The Morgan fingerprint density at radius 2 is 2.22 bits per heavy atom. The van der Waals surface area contributed by atoms with Crippen LogP contribution in [0, 0.1) is 5.92 Å². The lowest BCUT2D eigenvalue weighted by Crippen LogP contribution is -2.18. The molecular weight excluding hydrogens is 308 g/mol. The fourth-order valence-electron chi connectivity index (χ4n) is 3.37. The first kappa shape index (κ1) is 16.4. The van der Waals surface area contributed by atoms with Crippen LogP contribution in [0.15, 0.2) is 10.9 Å². The Morgan fingerprint density at radius 3 is 2.96 bits per heavy atom. The largest absolute Gasteiger partial charge is 0.358 e. The monoisotopic (exact) mass is 334 g/mol. The zero-order valence-corrected chi connectivity index (χ0v) is 14.9. The van der Waals surface area contributed by atoms with E-state index >= 15 is 0 Å². The minimum absolute atomic E-state index is 0.0821. The quantitative estimate of drug-likeness (QED) is 0.835. The van der Waals surface area contributed by atoms with E-state index in [1.807, 2.05) is 0 Å². The molecule has 2 aromatic heterocycles. The van der Waals surface area contributed by atoms with Crippen LogP contribution < -0.4 is 10.9 Å². The number of nitrogens with zero attached hydrogens (tertiary/aromatic N) is 3. The van der Waals surface area contributed by atoms with Crippen molar-refractivity contribution in [2.24, 2.45) is 5.92 Å².